The molecule has 0 radical (unpaired) electrons. The van der Waals surface area contributed by atoms with E-state index in [-0.39, 0.29) is 5.91 Å². The molecule has 0 unspecified atom stereocenters. The molecule has 0 N–H and O–H groups in total. The van der Waals surface area contributed by atoms with E-state index in [9.17, 15) is 4.79 Å². The van der Waals surface area contributed by atoms with Crippen molar-refractivity contribution >= 4 is 21.8 Å². The van der Waals surface area contributed by atoms with E-state index < -0.39 is 0 Å². The molecule has 1 aliphatic heterocycles. The van der Waals surface area contributed by atoms with Gasteiger partial charge in [0.05, 0.1) is 5.56 Å². The zero-order valence-electron chi connectivity index (χ0n) is 12.2. The minimum absolute atomic E-state index is 0.1000. The van der Waals surface area contributed by atoms with Crippen LogP contribution in [0.1, 0.15) is 37.0 Å². The highest BCUT2D eigenvalue weighted by Gasteiger charge is 2.26. The van der Waals surface area contributed by atoms with Crippen molar-refractivity contribution in [1.29, 1.82) is 0 Å². The maximum atomic E-state index is 12.4. The van der Waals surface area contributed by atoms with Crippen LogP contribution in [0.3, 0.4) is 0 Å². The highest BCUT2D eigenvalue weighted by atomic mass is 79.9. The topological polar surface area (TPSA) is 36.4 Å². The number of hydrogen-bond acceptors (Lipinski definition) is 3. The summed E-state index contributed by atoms with van der Waals surface area (Å²) in [4.78, 5) is 20.9. The average molecular weight is 340 g/mol. The molecule has 4 nitrogen and oxygen atoms in total. The second kappa shape index (κ2) is 7.18. The monoisotopic (exact) mass is 339 g/mol. The van der Waals surface area contributed by atoms with Gasteiger partial charge in [0.2, 0.25) is 0 Å². The van der Waals surface area contributed by atoms with Crippen LogP contribution in [-0.2, 0) is 0 Å². The molecular formula is C15H22BrN3O. The van der Waals surface area contributed by atoms with Crippen LogP contribution >= 0.6 is 15.9 Å². The summed E-state index contributed by atoms with van der Waals surface area (Å²) in [5.41, 5.74) is 0.675. The SMILES string of the molecule is CCN(CC)C1CCN(C(=O)c2ccc(Br)nc2)CC1. The van der Waals surface area contributed by atoms with Crippen molar-refractivity contribution in [2.45, 2.75) is 32.7 Å². The van der Waals surface area contributed by atoms with Crippen LogP contribution in [0.25, 0.3) is 0 Å². The fraction of sp³-hybridized carbons (Fsp3) is 0.600. The number of piperidine rings is 1. The smallest absolute Gasteiger partial charge is 0.255 e. The normalized spacial score (nSPS) is 16.7. The predicted molar refractivity (Wildman–Crippen MR) is 83.8 cm³/mol. The molecule has 0 spiro atoms. The van der Waals surface area contributed by atoms with Crippen LogP contribution in [0, 0.1) is 0 Å². The van der Waals surface area contributed by atoms with Gasteiger partial charge in [-0.1, -0.05) is 13.8 Å². The summed E-state index contributed by atoms with van der Waals surface area (Å²) in [5.74, 6) is 0.1000. The number of amides is 1. The maximum absolute atomic E-state index is 12.4. The van der Waals surface area contributed by atoms with E-state index in [0.29, 0.717) is 11.6 Å². The van der Waals surface area contributed by atoms with Crippen molar-refractivity contribution in [1.82, 2.24) is 14.8 Å². The standard InChI is InChI=1S/C15H22BrN3O/c1-3-18(4-2)13-7-9-19(10-8-13)15(20)12-5-6-14(16)17-11-12/h5-6,11,13H,3-4,7-10H2,1-2H3. The van der Waals surface area contributed by atoms with Crippen molar-refractivity contribution in [3.8, 4) is 0 Å². The van der Waals surface area contributed by atoms with Crippen LogP contribution in [0.4, 0.5) is 0 Å². The van der Waals surface area contributed by atoms with Crippen LogP contribution < -0.4 is 0 Å². The van der Waals surface area contributed by atoms with E-state index in [2.05, 4.69) is 39.7 Å². The molecule has 5 heteroatoms. The first-order valence-corrected chi connectivity index (χ1v) is 8.09. The van der Waals surface area contributed by atoms with E-state index in [1.165, 1.54) is 0 Å². The lowest BCUT2D eigenvalue weighted by atomic mass is 10.0. The molecule has 0 saturated carbocycles. The number of likely N-dealkylation sites (tertiary alicyclic amines) is 1. The molecule has 2 rings (SSSR count). The molecule has 1 aromatic heterocycles. The van der Waals surface area contributed by atoms with Gasteiger partial charge in [-0.15, -0.1) is 0 Å². The van der Waals surface area contributed by atoms with Crippen LogP contribution in [0.5, 0.6) is 0 Å². The summed E-state index contributed by atoms with van der Waals surface area (Å²) < 4.78 is 0.759. The molecule has 0 aromatic carbocycles. The van der Waals surface area contributed by atoms with Gasteiger partial charge >= 0.3 is 0 Å². The van der Waals surface area contributed by atoms with Gasteiger partial charge in [-0.25, -0.2) is 4.98 Å². The predicted octanol–water partition coefficient (Wildman–Crippen LogP) is 2.79. The molecule has 1 saturated heterocycles. The Balaban J connectivity index is 1.93. The van der Waals surface area contributed by atoms with Gasteiger partial charge in [-0.05, 0) is 54.0 Å². The van der Waals surface area contributed by atoms with Gasteiger partial charge in [0.15, 0.2) is 0 Å². The number of carbonyl (C=O) groups is 1. The summed E-state index contributed by atoms with van der Waals surface area (Å²) in [6.07, 6.45) is 3.78. The average Bonchev–Trinajstić information content (AvgIpc) is 2.49. The molecule has 1 fully saturated rings. The molecule has 0 aliphatic carbocycles. The molecule has 2 heterocycles. The first kappa shape index (κ1) is 15.4. The van der Waals surface area contributed by atoms with E-state index in [1.54, 1.807) is 6.20 Å². The van der Waals surface area contributed by atoms with Gasteiger partial charge in [-0.3, -0.25) is 4.79 Å². The minimum atomic E-state index is 0.1000. The summed E-state index contributed by atoms with van der Waals surface area (Å²) in [7, 11) is 0. The fourth-order valence-corrected chi connectivity index (χ4v) is 3.09. The number of hydrogen-bond donors (Lipinski definition) is 0. The quantitative estimate of drug-likeness (QED) is 0.791. The van der Waals surface area contributed by atoms with E-state index in [1.807, 2.05) is 17.0 Å². The van der Waals surface area contributed by atoms with Crippen molar-refractivity contribution in [2.24, 2.45) is 0 Å². The third-order valence-corrected chi connectivity index (χ3v) is 4.52. The van der Waals surface area contributed by atoms with Gasteiger partial charge in [0.1, 0.15) is 4.60 Å². The van der Waals surface area contributed by atoms with Gasteiger partial charge < -0.3 is 9.80 Å². The highest BCUT2D eigenvalue weighted by Crippen LogP contribution is 2.18. The first-order valence-electron chi connectivity index (χ1n) is 7.30. The van der Waals surface area contributed by atoms with E-state index in [0.717, 1.165) is 43.6 Å². The number of carbonyl (C=O) groups excluding carboxylic acids is 1. The van der Waals surface area contributed by atoms with E-state index >= 15 is 0 Å². The summed E-state index contributed by atoms with van der Waals surface area (Å²) in [6.45, 7) is 8.27. The summed E-state index contributed by atoms with van der Waals surface area (Å²) in [6, 6.07) is 4.27. The second-order valence-corrected chi connectivity index (χ2v) is 5.93. The number of aromatic nitrogens is 1. The minimum Gasteiger partial charge on any atom is -0.338 e. The maximum Gasteiger partial charge on any atom is 0.255 e. The number of rotatable bonds is 4. The molecule has 0 atom stereocenters. The summed E-state index contributed by atoms with van der Waals surface area (Å²) in [5, 5.41) is 0. The Hall–Kier alpha value is -0.940. The van der Waals surface area contributed by atoms with Crippen molar-refractivity contribution in [3.05, 3.63) is 28.5 Å². The van der Waals surface area contributed by atoms with Gasteiger partial charge in [0.25, 0.3) is 5.91 Å². The van der Waals surface area contributed by atoms with Crippen molar-refractivity contribution in [2.75, 3.05) is 26.2 Å². The number of halogens is 1. The summed E-state index contributed by atoms with van der Waals surface area (Å²) >= 11 is 3.29. The lowest BCUT2D eigenvalue weighted by Gasteiger charge is -2.37. The van der Waals surface area contributed by atoms with Crippen molar-refractivity contribution in [3.63, 3.8) is 0 Å². The molecule has 1 aliphatic rings. The molecule has 20 heavy (non-hydrogen) atoms. The Morgan fingerprint density at radius 2 is 2.00 bits per heavy atom. The Labute approximate surface area is 129 Å². The third-order valence-electron chi connectivity index (χ3n) is 4.05. The Morgan fingerprint density at radius 1 is 1.35 bits per heavy atom. The zero-order chi connectivity index (χ0) is 14.5. The Bertz CT molecular complexity index is 437. The molecule has 0 bridgehead atoms. The number of nitrogens with zero attached hydrogens (tertiary/aromatic N) is 3. The van der Waals surface area contributed by atoms with Crippen LogP contribution in [0.15, 0.2) is 22.9 Å². The molecule has 1 amide bonds. The fourth-order valence-electron chi connectivity index (χ4n) is 2.86. The van der Waals surface area contributed by atoms with Gasteiger partial charge in [0, 0.05) is 25.3 Å². The van der Waals surface area contributed by atoms with Crippen LogP contribution in [-0.4, -0.2) is 52.9 Å². The lowest BCUT2D eigenvalue weighted by Crippen LogP contribution is -2.46. The van der Waals surface area contributed by atoms with Crippen molar-refractivity contribution < 1.29 is 4.79 Å². The lowest BCUT2D eigenvalue weighted by molar-refractivity contribution is 0.0631. The third kappa shape index (κ3) is 3.58. The first-order chi connectivity index (χ1) is 9.65. The Kier molecular flexibility index (Phi) is 5.54. The molecular weight excluding hydrogens is 318 g/mol. The van der Waals surface area contributed by atoms with Gasteiger partial charge in [-0.2, -0.15) is 0 Å². The highest BCUT2D eigenvalue weighted by molar-refractivity contribution is 9.10. The van der Waals surface area contributed by atoms with Crippen LogP contribution in [0.2, 0.25) is 0 Å². The second-order valence-electron chi connectivity index (χ2n) is 5.11. The molecule has 110 valence electrons. The zero-order valence-corrected chi connectivity index (χ0v) is 13.8. The van der Waals surface area contributed by atoms with E-state index in [4.69, 9.17) is 0 Å². The number of pyridine rings is 1. The molecule has 1 aromatic rings. The Morgan fingerprint density at radius 3 is 2.50 bits per heavy atom. The largest absolute Gasteiger partial charge is 0.338 e.